The minimum Gasteiger partial charge on any atom is -0.312 e. The average molecular weight is 221 g/mol. The maximum Gasteiger partial charge on any atom is 0.119 e. The van der Waals surface area contributed by atoms with Crippen LogP contribution < -0.4 is 5.73 Å². The van der Waals surface area contributed by atoms with E-state index >= 15 is 0 Å². The van der Waals surface area contributed by atoms with Crippen LogP contribution in [0.4, 0.5) is 0 Å². The van der Waals surface area contributed by atoms with Crippen LogP contribution in [0.1, 0.15) is 45.4 Å². The predicted molar refractivity (Wildman–Crippen MR) is 64.8 cm³/mol. The first-order valence-corrected chi connectivity index (χ1v) is 6.60. The van der Waals surface area contributed by atoms with Crippen molar-refractivity contribution < 1.29 is 0 Å². The Labute approximate surface area is 98.6 Å². The summed E-state index contributed by atoms with van der Waals surface area (Å²) in [7, 11) is 0. The molecule has 16 heavy (non-hydrogen) atoms. The van der Waals surface area contributed by atoms with Gasteiger partial charge in [-0.25, -0.2) is 0 Å². The second-order valence-corrected chi connectivity index (χ2v) is 5.60. The summed E-state index contributed by atoms with van der Waals surface area (Å²) in [5.41, 5.74) is 5.66. The first-order valence-electron chi connectivity index (χ1n) is 6.60. The fourth-order valence-corrected chi connectivity index (χ4v) is 2.76. The summed E-state index contributed by atoms with van der Waals surface area (Å²) >= 11 is 0. The van der Waals surface area contributed by atoms with Gasteiger partial charge in [0, 0.05) is 12.6 Å². The Morgan fingerprint density at radius 1 is 1.31 bits per heavy atom. The summed E-state index contributed by atoms with van der Waals surface area (Å²) in [4.78, 5) is 2.44. The lowest BCUT2D eigenvalue weighted by Crippen LogP contribution is -2.53. The monoisotopic (exact) mass is 221 g/mol. The van der Waals surface area contributed by atoms with E-state index in [-0.39, 0.29) is 0 Å². The highest BCUT2D eigenvalue weighted by Crippen LogP contribution is 2.38. The van der Waals surface area contributed by atoms with Crippen molar-refractivity contribution in [2.24, 2.45) is 11.7 Å². The maximum absolute atomic E-state index is 9.28. The molecule has 2 unspecified atom stereocenters. The van der Waals surface area contributed by atoms with Gasteiger partial charge in [0.25, 0.3) is 0 Å². The molecule has 1 aliphatic heterocycles. The Morgan fingerprint density at radius 2 is 2.06 bits per heavy atom. The first kappa shape index (κ1) is 11.9. The minimum absolute atomic E-state index is 0.452. The number of hydrogen-bond acceptors (Lipinski definition) is 3. The molecule has 0 amide bonds. The van der Waals surface area contributed by atoms with E-state index in [1.807, 2.05) is 0 Å². The Hall–Kier alpha value is -0.590. The molecule has 3 heteroatoms. The zero-order valence-corrected chi connectivity index (χ0v) is 10.3. The Morgan fingerprint density at radius 3 is 2.69 bits per heavy atom. The molecule has 1 heterocycles. The zero-order chi connectivity index (χ0) is 11.6. The van der Waals surface area contributed by atoms with Crippen molar-refractivity contribution in [2.45, 2.75) is 57.0 Å². The van der Waals surface area contributed by atoms with Gasteiger partial charge < -0.3 is 5.73 Å². The van der Waals surface area contributed by atoms with Gasteiger partial charge >= 0.3 is 0 Å². The van der Waals surface area contributed by atoms with E-state index in [9.17, 15) is 5.26 Å². The van der Waals surface area contributed by atoms with E-state index in [4.69, 9.17) is 5.73 Å². The third kappa shape index (κ3) is 2.56. The van der Waals surface area contributed by atoms with Gasteiger partial charge in [-0.15, -0.1) is 0 Å². The second kappa shape index (κ2) is 4.73. The molecule has 2 fully saturated rings. The van der Waals surface area contributed by atoms with Gasteiger partial charge in [-0.05, 0) is 45.1 Å². The predicted octanol–water partition coefficient (Wildman–Crippen LogP) is 1.88. The number of likely N-dealkylation sites (tertiary alicyclic amines) is 1. The molecule has 2 rings (SSSR count). The van der Waals surface area contributed by atoms with Gasteiger partial charge in [0.05, 0.1) is 6.07 Å². The highest BCUT2D eigenvalue weighted by molar-refractivity contribution is 5.15. The van der Waals surface area contributed by atoms with Crippen LogP contribution in [0, 0.1) is 17.2 Å². The van der Waals surface area contributed by atoms with E-state index in [1.54, 1.807) is 0 Å². The number of rotatable bonds is 3. The molecular weight excluding hydrogens is 198 g/mol. The average Bonchev–Trinajstić information content (AvgIpc) is 3.09. The standard InChI is InChI=1S/C13H23N3/c1-11-5-3-2-4-8-16(11)10-13(15,9-14)12-6-7-12/h11-12H,2-8,10,15H2,1H3. The minimum atomic E-state index is -0.585. The molecule has 1 saturated heterocycles. The normalized spacial score (nSPS) is 31.4. The van der Waals surface area contributed by atoms with Crippen molar-refractivity contribution in [1.29, 1.82) is 5.26 Å². The van der Waals surface area contributed by atoms with Crippen molar-refractivity contribution in [3.63, 3.8) is 0 Å². The molecule has 0 aromatic heterocycles. The number of nitriles is 1. The Bertz CT molecular complexity index is 279. The van der Waals surface area contributed by atoms with Crippen LogP contribution in [0.25, 0.3) is 0 Å². The maximum atomic E-state index is 9.28. The second-order valence-electron chi connectivity index (χ2n) is 5.60. The van der Waals surface area contributed by atoms with Crippen molar-refractivity contribution in [3.05, 3.63) is 0 Å². The van der Waals surface area contributed by atoms with Crippen LogP contribution in [0.5, 0.6) is 0 Å². The lowest BCUT2D eigenvalue weighted by molar-refractivity contribution is 0.174. The molecule has 1 saturated carbocycles. The number of nitrogens with two attached hydrogens (primary N) is 1. The van der Waals surface area contributed by atoms with Crippen LogP contribution in [0.2, 0.25) is 0 Å². The summed E-state index contributed by atoms with van der Waals surface area (Å²) in [6.07, 6.45) is 7.46. The molecule has 1 aliphatic carbocycles. The molecule has 0 aromatic rings. The van der Waals surface area contributed by atoms with Gasteiger partial charge in [-0.1, -0.05) is 12.8 Å². The Kier molecular flexibility index (Phi) is 3.51. The third-order valence-electron chi connectivity index (χ3n) is 4.17. The van der Waals surface area contributed by atoms with Gasteiger partial charge in [0.2, 0.25) is 0 Å². The van der Waals surface area contributed by atoms with Crippen LogP contribution in [-0.2, 0) is 0 Å². The van der Waals surface area contributed by atoms with Gasteiger partial charge in [-0.2, -0.15) is 5.26 Å². The smallest absolute Gasteiger partial charge is 0.119 e. The highest BCUT2D eigenvalue weighted by atomic mass is 15.2. The van der Waals surface area contributed by atoms with E-state index in [2.05, 4.69) is 17.9 Å². The van der Waals surface area contributed by atoms with E-state index < -0.39 is 5.54 Å². The van der Waals surface area contributed by atoms with Gasteiger partial charge in [-0.3, -0.25) is 4.90 Å². The molecule has 0 bridgehead atoms. The van der Waals surface area contributed by atoms with Crippen LogP contribution in [0.15, 0.2) is 0 Å². The van der Waals surface area contributed by atoms with E-state index in [1.165, 1.54) is 25.7 Å². The molecule has 90 valence electrons. The fourth-order valence-electron chi connectivity index (χ4n) is 2.76. The first-order chi connectivity index (χ1) is 7.65. The molecular formula is C13H23N3. The number of hydrogen-bond donors (Lipinski definition) is 1. The summed E-state index contributed by atoms with van der Waals surface area (Å²) in [6.45, 7) is 4.17. The Balaban J connectivity index is 1.98. The number of nitrogens with zero attached hydrogens (tertiary/aromatic N) is 2. The molecule has 0 radical (unpaired) electrons. The van der Waals surface area contributed by atoms with E-state index in [0.29, 0.717) is 12.0 Å². The van der Waals surface area contributed by atoms with Crippen LogP contribution in [0.3, 0.4) is 0 Å². The SMILES string of the molecule is CC1CCCCCN1CC(N)(C#N)C1CC1. The van der Waals surface area contributed by atoms with Gasteiger partial charge in [0.15, 0.2) is 0 Å². The van der Waals surface area contributed by atoms with Crippen molar-refractivity contribution in [2.75, 3.05) is 13.1 Å². The highest BCUT2D eigenvalue weighted by Gasteiger charge is 2.44. The molecule has 2 N–H and O–H groups in total. The fraction of sp³-hybridized carbons (Fsp3) is 0.923. The largest absolute Gasteiger partial charge is 0.312 e. The summed E-state index contributed by atoms with van der Waals surface area (Å²) in [5, 5.41) is 9.28. The third-order valence-corrected chi connectivity index (χ3v) is 4.17. The zero-order valence-electron chi connectivity index (χ0n) is 10.3. The molecule has 2 aliphatic rings. The molecule has 3 nitrogen and oxygen atoms in total. The molecule has 0 aromatic carbocycles. The van der Waals surface area contributed by atoms with Crippen molar-refractivity contribution >= 4 is 0 Å². The molecule has 0 spiro atoms. The summed E-state index contributed by atoms with van der Waals surface area (Å²) < 4.78 is 0. The summed E-state index contributed by atoms with van der Waals surface area (Å²) in [5.74, 6) is 0.452. The lowest BCUT2D eigenvalue weighted by atomic mass is 9.95. The van der Waals surface area contributed by atoms with Crippen LogP contribution in [-0.4, -0.2) is 29.6 Å². The molecule has 2 atom stereocenters. The quantitative estimate of drug-likeness (QED) is 0.791. The van der Waals surface area contributed by atoms with E-state index in [0.717, 1.165) is 25.9 Å². The summed E-state index contributed by atoms with van der Waals surface area (Å²) in [6, 6.07) is 2.96. The van der Waals surface area contributed by atoms with Crippen molar-refractivity contribution in [1.82, 2.24) is 4.90 Å². The van der Waals surface area contributed by atoms with Crippen molar-refractivity contribution in [3.8, 4) is 6.07 Å². The lowest BCUT2D eigenvalue weighted by Gasteiger charge is -2.33. The van der Waals surface area contributed by atoms with Crippen LogP contribution >= 0.6 is 0 Å². The topological polar surface area (TPSA) is 53.0 Å². The van der Waals surface area contributed by atoms with Gasteiger partial charge in [0.1, 0.15) is 5.54 Å².